The molecule has 0 spiro atoms. The van der Waals surface area contributed by atoms with Crippen LogP contribution in [0.4, 0.5) is 0 Å². The molecular weight excluding hydrogens is 825 g/mol. The zero-order valence-corrected chi connectivity index (χ0v) is 38.5. The average Bonchev–Trinajstić information content (AvgIpc) is 3.31. The maximum absolute atomic E-state index is 13.1. The Morgan fingerprint density at radius 1 is 0.394 bits per heavy atom. The third kappa shape index (κ3) is 11.8. The van der Waals surface area contributed by atoms with Gasteiger partial charge in [0.05, 0.1) is 37.6 Å². The summed E-state index contributed by atoms with van der Waals surface area (Å²) in [5, 5.41) is 21.4. The summed E-state index contributed by atoms with van der Waals surface area (Å²) in [6, 6.07) is 35.5. The van der Waals surface area contributed by atoms with Crippen molar-refractivity contribution < 1.29 is 38.7 Å². The molecule has 6 aromatic carbocycles. The quantitative estimate of drug-likeness (QED) is 0.0820. The SMILES string of the molecule is CCCOc1c2cc(/C=C/c3ccccc3)cc1Cc1cc(C(=O)O)cc(c1OCCC)Cc1cc(/C=C/c3ccccc3)cc(c1OCCC)Cc1cc(C(=O)O)cc(c1OCCC)C2. The molecule has 0 saturated heterocycles. The lowest BCUT2D eigenvalue weighted by Crippen LogP contribution is -2.12. The number of rotatable bonds is 18. The summed E-state index contributed by atoms with van der Waals surface area (Å²) in [4.78, 5) is 26.1. The van der Waals surface area contributed by atoms with Crippen molar-refractivity contribution in [3.63, 3.8) is 0 Å². The fourth-order valence-corrected chi connectivity index (χ4v) is 8.45. The highest BCUT2D eigenvalue weighted by molar-refractivity contribution is 5.89. The standard InChI is InChI=1S/C58H60O8/c1-5-23-63-53-43-27-41(21-19-39-15-11-9-12-16-39)28-44(53)32-48-36-52(58(61)62)38-50(56(48)66-26-8-4)34-46-30-42(22-20-40-17-13-10-14-18-40)29-45(54(46)64-24-6-2)33-49-37-51(57(59)60)35-47(31-43)55(49)65-25-7-3/h9-22,27-30,35-38H,5-8,23-26,31-34H2,1-4H3,(H,59,60)(H,61,62)/b21-19+,22-20+. The zero-order chi connectivity index (χ0) is 46.4. The molecule has 1 aliphatic carbocycles. The molecule has 8 nitrogen and oxygen atoms in total. The van der Waals surface area contributed by atoms with E-state index in [-0.39, 0.29) is 11.1 Å². The Balaban J connectivity index is 1.57. The van der Waals surface area contributed by atoms with Gasteiger partial charge in [-0.1, -0.05) is 113 Å². The van der Waals surface area contributed by atoms with Gasteiger partial charge in [0.15, 0.2) is 0 Å². The molecule has 1 aliphatic rings. The van der Waals surface area contributed by atoms with Crippen molar-refractivity contribution >= 4 is 36.2 Å². The van der Waals surface area contributed by atoms with Crippen LogP contribution in [-0.4, -0.2) is 48.6 Å². The van der Waals surface area contributed by atoms with Crippen molar-refractivity contribution in [2.24, 2.45) is 0 Å². The van der Waals surface area contributed by atoms with E-state index in [1.807, 2.05) is 60.7 Å². The number of benzene rings is 6. The van der Waals surface area contributed by atoms with Crippen LogP contribution >= 0.6 is 0 Å². The second-order valence-corrected chi connectivity index (χ2v) is 16.8. The van der Waals surface area contributed by atoms with Crippen LogP contribution in [0.1, 0.15) is 141 Å². The highest BCUT2D eigenvalue weighted by Crippen LogP contribution is 2.41. The van der Waals surface area contributed by atoms with Crippen LogP contribution in [0, 0.1) is 0 Å². The van der Waals surface area contributed by atoms with Crippen molar-refractivity contribution in [1.82, 2.24) is 0 Å². The number of fused-ring (bicyclic) bond motifs is 8. The summed E-state index contributed by atoms with van der Waals surface area (Å²) in [6.07, 6.45) is 12.5. The van der Waals surface area contributed by atoms with Gasteiger partial charge >= 0.3 is 11.9 Å². The van der Waals surface area contributed by atoms with Crippen LogP contribution in [-0.2, 0) is 25.7 Å². The summed E-state index contributed by atoms with van der Waals surface area (Å²) in [5.41, 5.74) is 10.5. The first kappa shape index (κ1) is 46.9. The summed E-state index contributed by atoms with van der Waals surface area (Å²) in [6.45, 7) is 9.98. The van der Waals surface area contributed by atoms with Crippen LogP contribution in [0.3, 0.4) is 0 Å². The number of carboxylic acid groups (broad SMARTS) is 2. The van der Waals surface area contributed by atoms with Gasteiger partial charge < -0.3 is 29.2 Å². The maximum atomic E-state index is 13.1. The van der Waals surface area contributed by atoms with Crippen LogP contribution in [0.2, 0.25) is 0 Å². The molecule has 8 heteroatoms. The van der Waals surface area contributed by atoms with Crippen LogP contribution in [0.5, 0.6) is 23.0 Å². The van der Waals surface area contributed by atoms with E-state index >= 15 is 0 Å². The molecule has 340 valence electrons. The van der Waals surface area contributed by atoms with E-state index in [2.05, 4.69) is 76.3 Å². The Kier molecular flexibility index (Phi) is 16.1. The fraction of sp³-hybridized carbons (Fsp3) is 0.276. The molecule has 0 aromatic heterocycles. The average molecular weight is 885 g/mol. The number of hydrogen-bond donors (Lipinski definition) is 2. The van der Waals surface area contributed by atoms with Crippen LogP contribution in [0.25, 0.3) is 24.3 Å². The van der Waals surface area contributed by atoms with Crippen molar-refractivity contribution in [3.8, 4) is 23.0 Å². The predicted octanol–water partition coefficient (Wildman–Crippen LogP) is 13.3. The lowest BCUT2D eigenvalue weighted by molar-refractivity contribution is 0.0685. The minimum atomic E-state index is -1.04. The van der Waals surface area contributed by atoms with Crippen LogP contribution in [0.15, 0.2) is 109 Å². The van der Waals surface area contributed by atoms with Crippen molar-refractivity contribution in [2.45, 2.75) is 79.1 Å². The molecule has 0 heterocycles. The van der Waals surface area contributed by atoms with Gasteiger partial charge in [-0.2, -0.15) is 0 Å². The first-order valence-electron chi connectivity index (χ1n) is 23.2. The van der Waals surface area contributed by atoms with E-state index in [4.69, 9.17) is 18.9 Å². The monoisotopic (exact) mass is 884 g/mol. The Morgan fingerprint density at radius 3 is 0.879 bits per heavy atom. The van der Waals surface area contributed by atoms with E-state index in [1.165, 1.54) is 0 Å². The third-order valence-corrected chi connectivity index (χ3v) is 11.4. The minimum Gasteiger partial charge on any atom is -0.493 e. The highest BCUT2D eigenvalue weighted by atomic mass is 16.5. The van der Waals surface area contributed by atoms with Gasteiger partial charge in [0.1, 0.15) is 23.0 Å². The molecule has 0 atom stereocenters. The van der Waals surface area contributed by atoms with Gasteiger partial charge in [-0.15, -0.1) is 0 Å². The highest BCUT2D eigenvalue weighted by Gasteiger charge is 2.25. The van der Waals surface area contributed by atoms with Crippen molar-refractivity contribution in [3.05, 3.63) is 187 Å². The molecule has 0 saturated carbocycles. The first-order valence-corrected chi connectivity index (χ1v) is 23.2. The molecule has 6 aromatic rings. The molecule has 0 unspecified atom stereocenters. The normalized spacial score (nSPS) is 12.3. The Hall–Kier alpha value is -7.06. The number of ether oxygens (including phenoxy) is 4. The predicted molar refractivity (Wildman–Crippen MR) is 265 cm³/mol. The van der Waals surface area contributed by atoms with Crippen molar-refractivity contribution in [1.29, 1.82) is 0 Å². The van der Waals surface area contributed by atoms with Gasteiger partial charge in [-0.25, -0.2) is 9.59 Å². The number of hydrogen-bond acceptors (Lipinski definition) is 6. The third-order valence-electron chi connectivity index (χ3n) is 11.4. The van der Waals surface area contributed by atoms with Gasteiger partial charge in [-0.3, -0.25) is 0 Å². The first-order chi connectivity index (χ1) is 32.2. The molecule has 66 heavy (non-hydrogen) atoms. The maximum Gasteiger partial charge on any atom is 0.335 e. The lowest BCUT2D eigenvalue weighted by Gasteiger charge is -2.24. The van der Waals surface area contributed by atoms with E-state index in [0.717, 1.165) is 92.4 Å². The smallest absolute Gasteiger partial charge is 0.335 e. The molecule has 0 aliphatic heterocycles. The number of carboxylic acids is 2. The Bertz CT molecular complexity index is 2410. The van der Waals surface area contributed by atoms with E-state index < -0.39 is 11.9 Å². The molecule has 0 fully saturated rings. The molecule has 0 radical (unpaired) electrons. The van der Waals surface area contributed by atoms with Gasteiger partial charge in [-0.05, 0) is 141 Å². The summed E-state index contributed by atoms with van der Waals surface area (Å²) in [7, 11) is 0. The molecule has 2 N–H and O–H groups in total. The second-order valence-electron chi connectivity index (χ2n) is 16.8. The Morgan fingerprint density at radius 2 is 0.636 bits per heavy atom. The minimum absolute atomic E-state index is 0.159. The van der Waals surface area contributed by atoms with Gasteiger partial charge in [0.2, 0.25) is 0 Å². The van der Waals surface area contributed by atoms with Gasteiger partial charge in [0, 0.05) is 25.7 Å². The summed E-state index contributed by atoms with van der Waals surface area (Å²) >= 11 is 0. The van der Waals surface area contributed by atoms with E-state index in [0.29, 0.717) is 75.1 Å². The van der Waals surface area contributed by atoms with Crippen molar-refractivity contribution in [2.75, 3.05) is 26.4 Å². The molecule has 7 rings (SSSR count). The fourth-order valence-electron chi connectivity index (χ4n) is 8.45. The summed E-state index contributed by atoms with van der Waals surface area (Å²) < 4.78 is 26.8. The second kappa shape index (κ2) is 22.7. The van der Waals surface area contributed by atoms with Gasteiger partial charge in [0.25, 0.3) is 0 Å². The largest absolute Gasteiger partial charge is 0.493 e. The van der Waals surface area contributed by atoms with Crippen LogP contribution < -0.4 is 18.9 Å². The zero-order valence-electron chi connectivity index (χ0n) is 38.5. The number of carbonyl (C=O) groups is 2. The molecule has 8 bridgehead atoms. The molecule has 0 amide bonds. The summed E-state index contributed by atoms with van der Waals surface area (Å²) in [5.74, 6) is 0.550. The van der Waals surface area contributed by atoms with E-state index in [1.54, 1.807) is 24.3 Å². The Labute approximate surface area is 389 Å². The number of aromatic carboxylic acids is 2. The topological polar surface area (TPSA) is 112 Å². The molecular formula is C58H60O8. The van der Waals surface area contributed by atoms with E-state index in [9.17, 15) is 19.8 Å². The lowest BCUT2D eigenvalue weighted by atomic mass is 9.88.